The van der Waals surface area contributed by atoms with E-state index in [0.717, 1.165) is 17.3 Å². The molecule has 1 aromatic carbocycles. The van der Waals surface area contributed by atoms with Gasteiger partial charge in [0.2, 0.25) is 0 Å². The molecule has 0 amide bonds. The van der Waals surface area contributed by atoms with Crippen molar-refractivity contribution in [2.24, 2.45) is 0 Å². The molecule has 1 saturated carbocycles. The van der Waals surface area contributed by atoms with Crippen LogP contribution in [0.1, 0.15) is 39.2 Å². The monoisotopic (exact) mass is 296 g/mol. The number of benzene rings is 1. The highest BCUT2D eigenvalue weighted by Gasteiger charge is 2.30. The normalized spacial score (nSPS) is 15.4. The summed E-state index contributed by atoms with van der Waals surface area (Å²) in [7, 11) is 0. The Morgan fingerprint density at radius 2 is 2.05 bits per heavy atom. The fraction of sp³-hybridized carbons (Fsp3) is 0.625. The third kappa shape index (κ3) is 4.37. The molecule has 0 aliphatic heterocycles. The molecule has 20 heavy (non-hydrogen) atoms. The van der Waals surface area contributed by atoms with Crippen molar-refractivity contribution in [3.8, 4) is 0 Å². The number of anilines is 1. The van der Waals surface area contributed by atoms with Crippen molar-refractivity contribution in [1.29, 1.82) is 0 Å². The molecular weight excluding hydrogens is 272 g/mol. The molecule has 0 radical (unpaired) electrons. The molecule has 1 aromatic rings. The first-order valence-electron chi connectivity index (χ1n) is 7.31. The fourth-order valence-corrected chi connectivity index (χ4v) is 2.47. The molecule has 3 nitrogen and oxygen atoms in total. The minimum Gasteiger partial charge on any atom is -0.395 e. The Morgan fingerprint density at radius 1 is 1.35 bits per heavy atom. The third-order valence-electron chi connectivity index (χ3n) is 3.49. The van der Waals surface area contributed by atoms with Crippen molar-refractivity contribution in [2.45, 2.75) is 51.7 Å². The van der Waals surface area contributed by atoms with Gasteiger partial charge in [-0.05, 0) is 51.3 Å². The van der Waals surface area contributed by atoms with Crippen molar-refractivity contribution in [1.82, 2.24) is 5.32 Å². The molecular formula is C16H25ClN2O. The van der Waals surface area contributed by atoms with Gasteiger partial charge in [0.1, 0.15) is 0 Å². The molecule has 0 aromatic heterocycles. The van der Waals surface area contributed by atoms with Gasteiger partial charge in [0, 0.05) is 35.4 Å². The number of rotatable bonds is 6. The highest BCUT2D eigenvalue weighted by molar-refractivity contribution is 6.30. The Labute approximate surface area is 126 Å². The Hall–Kier alpha value is -0.770. The molecule has 0 unspecified atom stereocenters. The predicted molar refractivity (Wildman–Crippen MR) is 85.5 cm³/mol. The van der Waals surface area contributed by atoms with Crippen LogP contribution in [0.5, 0.6) is 0 Å². The highest BCUT2D eigenvalue weighted by Crippen LogP contribution is 2.35. The Morgan fingerprint density at radius 3 is 2.60 bits per heavy atom. The average Bonchev–Trinajstić information content (AvgIpc) is 3.17. The number of aliphatic hydroxyl groups excluding tert-OH is 1. The smallest absolute Gasteiger partial charge is 0.0606 e. The first-order valence-corrected chi connectivity index (χ1v) is 7.69. The van der Waals surface area contributed by atoms with Gasteiger partial charge in [-0.1, -0.05) is 17.7 Å². The van der Waals surface area contributed by atoms with Crippen molar-refractivity contribution < 1.29 is 5.11 Å². The summed E-state index contributed by atoms with van der Waals surface area (Å²) in [5.74, 6) is 0. The van der Waals surface area contributed by atoms with Crippen LogP contribution < -0.4 is 10.2 Å². The number of hydrogen-bond donors (Lipinski definition) is 2. The van der Waals surface area contributed by atoms with Crippen molar-refractivity contribution in [2.75, 3.05) is 18.1 Å². The van der Waals surface area contributed by atoms with E-state index in [-0.39, 0.29) is 12.1 Å². The third-order valence-corrected chi connectivity index (χ3v) is 3.73. The van der Waals surface area contributed by atoms with Gasteiger partial charge in [-0.2, -0.15) is 0 Å². The van der Waals surface area contributed by atoms with E-state index in [1.54, 1.807) is 0 Å². The maximum absolute atomic E-state index is 9.30. The van der Waals surface area contributed by atoms with Gasteiger partial charge in [0.05, 0.1) is 6.61 Å². The van der Waals surface area contributed by atoms with E-state index < -0.39 is 0 Å². The van der Waals surface area contributed by atoms with Crippen molar-refractivity contribution >= 4 is 17.3 Å². The molecule has 1 aliphatic carbocycles. The van der Waals surface area contributed by atoms with E-state index >= 15 is 0 Å². The number of nitrogens with one attached hydrogen (secondary N) is 1. The molecule has 0 saturated heterocycles. The minimum atomic E-state index is 0.0816. The first kappa shape index (κ1) is 15.6. The van der Waals surface area contributed by atoms with E-state index in [0.29, 0.717) is 12.6 Å². The Balaban J connectivity index is 2.22. The maximum atomic E-state index is 9.30. The van der Waals surface area contributed by atoms with E-state index in [1.165, 1.54) is 18.4 Å². The second kappa shape index (κ2) is 6.33. The summed E-state index contributed by atoms with van der Waals surface area (Å²) in [4.78, 5) is 2.30. The first-order chi connectivity index (χ1) is 9.40. The Kier molecular flexibility index (Phi) is 4.95. The molecule has 0 bridgehead atoms. The molecule has 2 N–H and O–H groups in total. The molecule has 112 valence electrons. The summed E-state index contributed by atoms with van der Waals surface area (Å²) in [6, 6.07) is 6.61. The Bertz CT molecular complexity index is 452. The van der Waals surface area contributed by atoms with E-state index in [2.05, 4.69) is 37.1 Å². The van der Waals surface area contributed by atoms with Crippen molar-refractivity contribution in [3.63, 3.8) is 0 Å². The van der Waals surface area contributed by atoms with Crippen LogP contribution in [-0.2, 0) is 6.54 Å². The topological polar surface area (TPSA) is 35.5 Å². The average molecular weight is 297 g/mol. The van der Waals surface area contributed by atoms with Gasteiger partial charge in [-0.15, -0.1) is 0 Å². The van der Waals surface area contributed by atoms with E-state index in [1.807, 2.05) is 12.1 Å². The second-order valence-electron chi connectivity index (χ2n) is 6.52. The van der Waals surface area contributed by atoms with Crippen molar-refractivity contribution in [3.05, 3.63) is 28.8 Å². The van der Waals surface area contributed by atoms with Gasteiger partial charge in [0.25, 0.3) is 0 Å². The molecule has 0 atom stereocenters. The lowest BCUT2D eigenvalue weighted by Gasteiger charge is -2.28. The van der Waals surface area contributed by atoms with Gasteiger partial charge in [0.15, 0.2) is 0 Å². The SMILES string of the molecule is CC(C)(C)NCc1ccc(Cl)cc1N(CCO)C1CC1. The van der Waals surface area contributed by atoms with E-state index in [4.69, 9.17) is 11.6 Å². The molecule has 0 heterocycles. The zero-order valence-corrected chi connectivity index (χ0v) is 13.4. The second-order valence-corrected chi connectivity index (χ2v) is 6.96. The number of halogens is 1. The van der Waals surface area contributed by atoms with Gasteiger partial charge < -0.3 is 15.3 Å². The van der Waals surface area contributed by atoms with E-state index in [9.17, 15) is 5.11 Å². The van der Waals surface area contributed by atoms with Gasteiger partial charge >= 0.3 is 0 Å². The summed E-state index contributed by atoms with van der Waals surface area (Å²) in [5, 5.41) is 13.6. The van der Waals surface area contributed by atoms with Crippen LogP contribution in [0.4, 0.5) is 5.69 Å². The van der Waals surface area contributed by atoms with Crippen LogP contribution >= 0.6 is 11.6 Å². The van der Waals surface area contributed by atoms with Gasteiger partial charge in [-0.3, -0.25) is 0 Å². The lowest BCUT2D eigenvalue weighted by molar-refractivity contribution is 0.301. The largest absolute Gasteiger partial charge is 0.395 e. The summed E-state index contributed by atoms with van der Waals surface area (Å²) >= 11 is 6.17. The summed E-state index contributed by atoms with van der Waals surface area (Å²) in [5.41, 5.74) is 2.48. The van der Waals surface area contributed by atoms with Crippen LogP contribution in [0, 0.1) is 0 Å². The summed E-state index contributed by atoms with van der Waals surface area (Å²) < 4.78 is 0. The standard InChI is InChI=1S/C16H25ClN2O/c1-16(2,3)18-11-12-4-5-13(17)10-15(12)19(8-9-20)14-6-7-14/h4-5,10,14,18,20H,6-9,11H2,1-3H3. The summed E-state index contributed by atoms with van der Waals surface area (Å²) in [6.45, 7) is 8.15. The molecule has 1 fully saturated rings. The predicted octanol–water partition coefficient (Wildman–Crippen LogP) is 3.19. The highest BCUT2D eigenvalue weighted by atomic mass is 35.5. The zero-order chi connectivity index (χ0) is 14.8. The number of nitrogens with zero attached hydrogens (tertiary/aromatic N) is 1. The van der Waals surface area contributed by atoms with Crippen LogP contribution in [0.3, 0.4) is 0 Å². The number of hydrogen-bond acceptors (Lipinski definition) is 3. The molecule has 0 spiro atoms. The van der Waals surface area contributed by atoms with Crippen LogP contribution in [0.15, 0.2) is 18.2 Å². The molecule has 2 rings (SSSR count). The maximum Gasteiger partial charge on any atom is 0.0606 e. The lowest BCUT2D eigenvalue weighted by Crippen LogP contribution is -2.36. The van der Waals surface area contributed by atoms with Crippen LogP contribution in [0.25, 0.3) is 0 Å². The summed E-state index contributed by atoms with van der Waals surface area (Å²) in [6.07, 6.45) is 2.41. The fourth-order valence-electron chi connectivity index (χ4n) is 2.31. The zero-order valence-electron chi connectivity index (χ0n) is 12.6. The van der Waals surface area contributed by atoms with Gasteiger partial charge in [-0.25, -0.2) is 0 Å². The number of aliphatic hydroxyl groups is 1. The molecule has 1 aliphatic rings. The lowest BCUT2D eigenvalue weighted by atomic mass is 10.1. The minimum absolute atomic E-state index is 0.0816. The van der Waals surface area contributed by atoms with Crippen LogP contribution in [-0.4, -0.2) is 29.8 Å². The quantitative estimate of drug-likeness (QED) is 0.846. The van der Waals surface area contributed by atoms with Crippen LogP contribution in [0.2, 0.25) is 5.02 Å². The molecule has 4 heteroatoms.